The molecule has 6 N–H and O–H groups in total. The number of hydrazine groups is 2. The van der Waals surface area contributed by atoms with E-state index in [0.29, 0.717) is 43.5 Å². The molecule has 0 saturated carbocycles. The van der Waals surface area contributed by atoms with Crippen LogP contribution in [-0.2, 0) is 33.6 Å². The van der Waals surface area contributed by atoms with Crippen LogP contribution in [-0.4, -0.2) is 60.9 Å². The van der Waals surface area contributed by atoms with Crippen molar-refractivity contribution in [2.24, 2.45) is 0 Å². The molecular weight excluding hydrogens is 565 g/mol. The van der Waals surface area contributed by atoms with Crippen LogP contribution in [0.2, 0.25) is 0 Å². The summed E-state index contributed by atoms with van der Waals surface area (Å²) in [5.74, 6) is -2.06. The molecule has 3 aromatic rings. The van der Waals surface area contributed by atoms with E-state index in [1.165, 1.54) is 17.0 Å². The Labute approximate surface area is 253 Å². The molecule has 6 rings (SSSR count). The average molecular weight is 600 g/mol. The molecular formula is C32H34FN7O4. The van der Waals surface area contributed by atoms with Gasteiger partial charge >= 0.3 is 0 Å². The van der Waals surface area contributed by atoms with E-state index in [2.05, 4.69) is 32.3 Å². The summed E-state index contributed by atoms with van der Waals surface area (Å²) in [6.07, 6.45) is 1.30. The van der Waals surface area contributed by atoms with Gasteiger partial charge in [0.15, 0.2) is 0 Å². The van der Waals surface area contributed by atoms with Gasteiger partial charge < -0.3 is 16.0 Å². The zero-order chi connectivity index (χ0) is 30.6. The number of anilines is 1. The van der Waals surface area contributed by atoms with Gasteiger partial charge in [0.25, 0.3) is 5.91 Å². The van der Waals surface area contributed by atoms with Gasteiger partial charge in [0, 0.05) is 31.5 Å². The van der Waals surface area contributed by atoms with Crippen LogP contribution < -0.4 is 37.2 Å². The molecule has 228 valence electrons. The van der Waals surface area contributed by atoms with E-state index in [0.717, 1.165) is 16.8 Å². The van der Waals surface area contributed by atoms with Crippen LogP contribution in [0, 0.1) is 5.82 Å². The second-order valence-electron chi connectivity index (χ2n) is 11.3. The van der Waals surface area contributed by atoms with Gasteiger partial charge in [-0.1, -0.05) is 48.5 Å². The minimum absolute atomic E-state index is 0.00528. The summed E-state index contributed by atoms with van der Waals surface area (Å²) < 4.78 is 13.6. The molecule has 1 fully saturated rings. The fourth-order valence-electron chi connectivity index (χ4n) is 5.99. The maximum atomic E-state index is 14.1. The molecule has 4 atom stereocenters. The number of aryl methyl sites for hydroxylation is 1. The van der Waals surface area contributed by atoms with E-state index in [4.69, 9.17) is 0 Å². The maximum absolute atomic E-state index is 14.1. The molecule has 3 aliphatic heterocycles. The van der Waals surface area contributed by atoms with E-state index >= 15 is 0 Å². The predicted octanol–water partition coefficient (Wildman–Crippen LogP) is 0.653. The van der Waals surface area contributed by atoms with Crippen LogP contribution in [0.15, 0.2) is 72.8 Å². The van der Waals surface area contributed by atoms with Crippen LogP contribution >= 0.6 is 0 Å². The molecule has 11 nitrogen and oxygen atoms in total. The number of nitrogens with zero attached hydrogens (tertiary/aromatic N) is 1. The zero-order valence-corrected chi connectivity index (χ0v) is 23.9. The highest BCUT2D eigenvalue weighted by Gasteiger charge is 2.44. The predicted molar refractivity (Wildman–Crippen MR) is 161 cm³/mol. The number of nitrogens with one attached hydrogen (secondary N) is 6. The van der Waals surface area contributed by atoms with E-state index in [9.17, 15) is 23.6 Å². The summed E-state index contributed by atoms with van der Waals surface area (Å²) in [5.41, 5.74) is 12.4. The number of hydrogen-bond acceptors (Lipinski definition) is 7. The Morgan fingerprint density at radius 1 is 0.977 bits per heavy atom. The maximum Gasteiger partial charge on any atom is 0.251 e. The number of hydrogen-bond donors (Lipinski definition) is 6. The zero-order valence-electron chi connectivity index (χ0n) is 23.9. The molecule has 44 heavy (non-hydrogen) atoms. The number of amides is 4. The standard InChI is InChI=1S/C32H34FN7O4/c33-23-12-9-19(10-13-23)15-26(37-29(41)21-5-2-1-3-6-21)30(42)36-25-14-11-20-7-4-8-22-16-27(40(28(20)22)32(25)44)31(43)34-17-24-18-35-39-38-24/h1-10,12-13,24-27,35,38-39H,11,14-18H2,(H,34,43)(H,36,42)(H,37,41)/t24?,25-,26-,27-/m0/s1. The Kier molecular flexibility index (Phi) is 8.64. The van der Waals surface area contributed by atoms with Crippen LogP contribution in [0.25, 0.3) is 0 Å². The first-order valence-corrected chi connectivity index (χ1v) is 14.7. The van der Waals surface area contributed by atoms with Gasteiger partial charge in [-0.25, -0.2) is 15.2 Å². The molecule has 0 radical (unpaired) electrons. The Bertz CT molecular complexity index is 1550. The fourth-order valence-corrected chi connectivity index (χ4v) is 5.99. The molecule has 1 unspecified atom stereocenters. The third kappa shape index (κ3) is 6.32. The van der Waals surface area contributed by atoms with E-state index in [-0.39, 0.29) is 24.3 Å². The molecule has 0 aliphatic carbocycles. The molecule has 1 saturated heterocycles. The Balaban J connectivity index is 1.22. The fraction of sp³-hybridized carbons (Fsp3) is 0.312. The average Bonchev–Trinajstić information content (AvgIpc) is 3.68. The van der Waals surface area contributed by atoms with Crippen molar-refractivity contribution in [3.63, 3.8) is 0 Å². The molecule has 3 aliphatic rings. The van der Waals surface area contributed by atoms with Gasteiger partial charge in [-0.05, 0) is 53.8 Å². The van der Waals surface area contributed by atoms with Crippen LogP contribution in [0.4, 0.5) is 10.1 Å². The molecule has 0 aromatic heterocycles. The summed E-state index contributed by atoms with van der Waals surface area (Å²) in [4.78, 5) is 55.9. The second kappa shape index (κ2) is 12.9. The molecule has 0 spiro atoms. The highest BCUT2D eigenvalue weighted by Crippen LogP contribution is 2.39. The summed E-state index contributed by atoms with van der Waals surface area (Å²) >= 11 is 0. The SMILES string of the molecule is O=C(N[C@@H](Cc1ccc(F)cc1)C(=O)N[C@H]1CCc2cccc3c2N(C1=O)[C@H](C(=O)NCC1CNNN1)C3)c1ccccc1. The number of benzene rings is 3. The Morgan fingerprint density at radius 2 is 1.75 bits per heavy atom. The van der Waals surface area contributed by atoms with Gasteiger partial charge in [0.05, 0.1) is 11.7 Å². The van der Waals surface area contributed by atoms with E-state index in [1.807, 2.05) is 18.2 Å². The minimum Gasteiger partial charge on any atom is -0.353 e. The number of rotatable bonds is 9. The van der Waals surface area contributed by atoms with Crippen LogP contribution in [0.5, 0.6) is 0 Å². The van der Waals surface area contributed by atoms with Gasteiger partial charge in [-0.2, -0.15) is 5.53 Å². The molecule has 3 aromatic carbocycles. The topological polar surface area (TPSA) is 144 Å². The van der Waals surface area contributed by atoms with Crippen molar-refractivity contribution in [2.45, 2.75) is 49.9 Å². The van der Waals surface area contributed by atoms with E-state index < -0.39 is 35.8 Å². The largest absolute Gasteiger partial charge is 0.353 e. The monoisotopic (exact) mass is 599 g/mol. The number of halogens is 1. The number of carbonyl (C=O) groups is 4. The first kappa shape index (κ1) is 29.4. The lowest BCUT2D eigenvalue weighted by atomic mass is 10.0. The van der Waals surface area contributed by atoms with Crippen molar-refractivity contribution in [2.75, 3.05) is 18.0 Å². The summed E-state index contributed by atoms with van der Waals surface area (Å²) in [5, 5.41) is 8.62. The highest BCUT2D eigenvalue weighted by molar-refractivity contribution is 6.08. The summed E-state index contributed by atoms with van der Waals surface area (Å²) in [7, 11) is 0. The third-order valence-corrected chi connectivity index (χ3v) is 8.27. The smallest absolute Gasteiger partial charge is 0.251 e. The molecule has 12 heteroatoms. The van der Waals surface area contributed by atoms with Crippen molar-refractivity contribution in [1.82, 2.24) is 32.3 Å². The van der Waals surface area contributed by atoms with Gasteiger partial charge in [-0.3, -0.25) is 24.1 Å². The number of para-hydroxylation sites is 1. The second-order valence-corrected chi connectivity index (χ2v) is 11.3. The lowest BCUT2D eigenvalue weighted by Crippen LogP contribution is -2.58. The first-order chi connectivity index (χ1) is 21.4. The van der Waals surface area contributed by atoms with Crippen molar-refractivity contribution in [1.29, 1.82) is 0 Å². The van der Waals surface area contributed by atoms with Crippen LogP contribution in [0.3, 0.4) is 0 Å². The summed E-state index contributed by atoms with van der Waals surface area (Å²) in [6.45, 7) is 0.999. The van der Waals surface area contributed by atoms with Gasteiger partial charge in [0.1, 0.15) is 23.9 Å². The van der Waals surface area contributed by atoms with Crippen molar-refractivity contribution < 1.29 is 23.6 Å². The van der Waals surface area contributed by atoms with Gasteiger partial charge in [0.2, 0.25) is 17.7 Å². The van der Waals surface area contributed by atoms with Crippen molar-refractivity contribution >= 4 is 29.3 Å². The highest BCUT2D eigenvalue weighted by atomic mass is 19.1. The lowest BCUT2D eigenvalue weighted by molar-refractivity contribution is -0.130. The lowest BCUT2D eigenvalue weighted by Gasteiger charge is -2.29. The molecule has 4 amide bonds. The molecule has 0 bridgehead atoms. The van der Waals surface area contributed by atoms with Gasteiger partial charge in [-0.15, -0.1) is 0 Å². The normalized spacial score (nSPS) is 21.2. The third-order valence-electron chi connectivity index (χ3n) is 8.27. The molecule has 3 heterocycles. The van der Waals surface area contributed by atoms with E-state index in [1.54, 1.807) is 42.5 Å². The Hall–Kier alpha value is -4.65. The van der Waals surface area contributed by atoms with Crippen LogP contribution in [0.1, 0.15) is 33.5 Å². The minimum atomic E-state index is -1.04. The quantitative estimate of drug-likeness (QED) is 0.212. The number of carbonyl (C=O) groups excluding carboxylic acids is 4. The first-order valence-electron chi connectivity index (χ1n) is 14.7. The Morgan fingerprint density at radius 3 is 2.50 bits per heavy atom. The summed E-state index contributed by atoms with van der Waals surface area (Å²) in [6, 6.07) is 17.3. The van der Waals surface area contributed by atoms with Crippen molar-refractivity contribution in [3.05, 3.63) is 101 Å². The van der Waals surface area contributed by atoms with Crippen molar-refractivity contribution in [3.8, 4) is 0 Å².